The zero-order chi connectivity index (χ0) is 10.6. The van der Waals surface area contributed by atoms with Crippen molar-refractivity contribution in [3.05, 3.63) is 35.1 Å². The molecule has 1 aromatic carbocycles. The third-order valence-corrected chi connectivity index (χ3v) is 1.49. The van der Waals surface area contributed by atoms with Crippen molar-refractivity contribution in [1.29, 1.82) is 0 Å². The predicted octanol–water partition coefficient (Wildman–Crippen LogP) is 0.475. The summed E-state index contributed by atoms with van der Waals surface area (Å²) < 4.78 is 13.0. The number of hydrogen-bond acceptors (Lipinski definition) is 2. The predicted molar refractivity (Wildman–Crippen MR) is 47.9 cm³/mol. The van der Waals surface area contributed by atoms with E-state index in [0.717, 1.165) is 6.07 Å². The molecule has 0 aliphatic carbocycles. The third-order valence-electron chi connectivity index (χ3n) is 1.49. The van der Waals surface area contributed by atoms with Crippen LogP contribution in [0.3, 0.4) is 0 Å². The highest BCUT2D eigenvalue weighted by atomic mass is 19.1. The molecule has 14 heavy (non-hydrogen) atoms. The lowest BCUT2D eigenvalue weighted by Gasteiger charge is -1.96. The Morgan fingerprint density at radius 2 is 2.21 bits per heavy atom. The minimum absolute atomic E-state index is 0.152. The molecule has 70 valence electrons. The first-order valence-corrected chi connectivity index (χ1v) is 3.70. The smallest absolute Gasteiger partial charge is 0.293 e. The van der Waals surface area contributed by atoms with E-state index in [1.54, 1.807) is 0 Å². The van der Waals surface area contributed by atoms with Crippen LogP contribution in [0, 0.1) is 17.7 Å². The van der Waals surface area contributed by atoms with Crippen LogP contribution in [0.2, 0.25) is 0 Å². The van der Waals surface area contributed by atoms with Crippen LogP contribution in [-0.2, 0) is 4.79 Å². The van der Waals surface area contributed by atoms with Crippen molar-refractivity contribution in [1.82, 2.24) is 0 Å². The van der Waals surface area contributed by atoms with Gasteiger partial charge in [-0.05, 0) is 12.1 Å². The van der Waals surface area contributed by atoms with Gasteiger partial charge in [-0.25, -0.2) is 4.39 Å². The van der Waals surface area contributed by atoms with Crippen LogP contribution in [0.25, 0.3) is 0 Å². The summed E-state index contributed by atoms with van der Waals surface area (Å²) in [5, 5.41) is 0. The van der Waals surface area contributed by atoms with Gasteiger partial charge in [0.25, 0.3) is 5.91 Å². The Morgan fingerprint density at radius 1 is 1.50 bits per heavy atom. The van der Waals surface area contributed by atoms with E-state index in [4.69, 9.17) is 5.73 Å². The normalized spacial score (nSPS) is 8.64. The Labute approximate surface area is 79.7 Å². The SMILES string of the molecule is NC(=O)C#Cc1cccc(F)c1C=O. The molecule has 0 spiro atoms. The zero-order valence-corrected chi connectivity index (χ0v) is 7.08. The largest absolute Gasteiger partial charge is 0.359 e. The summed E-state index contributed by atoms with van der Waals surface area (Å²) >= 11 is 0. The fourth-order valence-corrected chi connectivity index (χ4v) is 0.895. The summed E-state index contributed by atoms with van der Waals surface area (Å²) in [5.41, 5.74) is 4.76. The maximum atomic E-state index is 13.0. The van der Waals surface area contributed by atoms with E-state index in [-0.39, 0.29) is 11.1 Å². The van der Waals surface area contributed by atoms with Gasteiger partial charge in [0.1, 0.15) is 5.82 Å². The van der Waals surface area contributed by atoms with Gasteiger partial charge in [-0.3, -0.25) is 9.59 Å². The molecule has 3 nitrogen and oxygen atoms in total. The molecule has 2 N–H and O–H groups in total. The van der Waals surface area contributed by atoms with Gasteiger partial charge in [0, 0.05) is 11.5 Å². The highest BCUT2D eigenvalue weighted by molar-refractivity contribution is 5.93. The second kappa shape index (κ2) is 4.19. The number of amides is 1. The molecule has 0 atom stereocenters. The maximum Gasteiger partial charge on any atom is 0.293 e. The van der Waals surface area contributed by atoms with Gasteiger partial charge >= 0.3 is 0 Å². The van der Waals surface area contributed by atoms with E-state index < -0.39 is 11.7 Å². The molecule has 1 rings (SSSR count). The van der Waals surface area contributed by atoms with Crippen molar-refractivity contribution in [2.45, 2.75) is 0 Å². The fourth-order valence-electron chi connectivity index (χ4n) is 0.895. The van der Waals surface area contributed by atoms with E-state index in [1.165, 1.54) is 12.1 Å². The lowest BCUT2D eigenvalue weighted by Crippen LogP contribution is -2.06. The van der Waals surface area contributed by atoms with Crippen molar-refractivity contribution in [3.63, 3.8) is 0 Å². The van der Waals surface area contributed by atoms with E-state index in [9.17, 15) is 14.0 Å². The molecule has 0 saturated carbocycles. The Hall–Kier alpha value is -2.15. The lowest BCUT2D eigenvalue weighted by atomic mass is 10.1. The van der Waals surface area contributed by atoms with Gasteiger partial charge in [0.05, 0.1) is 5.56 Å². The molecule has 1 amide bonds. The number of hydrogen-bond donors (Lipinski definition) is 1. The fraction of sp³-hybridized carbons (Fsp3) is 0. The number of benzene rings is 1. The van der Waals surface area contributed by atoms with Crippen LogP contribution in [-0.4, -0.2) is 12.2 Å². The van der Waals surface area contributed by atoms with Crippen molar-refractivity contribution < 1.29 is 14.0 Å². The molecule has 1 aromatic rings. The number of aldehydes is 1. The van der Waals surface area contributed by atoms with Gasteiger partial charge in [-0.1, -0.05) is 12.0 Å². The van der Waals surface area contributed by atoms with E-state index >= 15 is 0 Å². The molecule has 4 heteroatoms. The molecule has 0 aliphatic heterocycles. The van der Waals surface area contributed by atoms with Crippen LogP contribution in [0.4, 0.5) is 4.39 Å². The van der Waals surface area contributed by atoms with Gasteiger partial charge in [-0.15, -0.1) is 0 Å². The van der Waals surface area contributed by atoms with E-state index in [0.29, 0.717) is 6.29 Å². The Morgan fingerprint density at radius 3 is 2.79 bits per heavy atom. The average molecular weight is 191 g/mol. The second-order valence-electron chi connectivity index (χ2n) is 2.43. The lowest BCUT2D eigenvalue weighted by molar-refractivity contribution is -0.112. The number of nitrogens with two attached hydrogens (primary N) is 1. The number of primary amides is 1. The number of carbonyl (C=O) groups excluding carboxylic acids is 2. The monoisotopic (exact) mass is 191 g/mol. The maximum absolute atomic E-state index is 13.0. The van der Waals surface area contributed by atoms with Crippen LogP contribution in [0.5, 0.6) is 0 Å². The first-order valence-electron chi connectivity index (χ1n) is 3.70. The van der Waals surface area contributed by atoms with Crippen LogP contribution in [0.15, 0.2) is 18.2 Å². The molecular weight excluding hydrogens is 185 g/mol. The summed E-state index contributed by atoms with van der Waals surface area (Å²) in [6, 6.07) is 3.97. The Balaban J connectivity index is 3.23. The van der Waals surface area contributed by atoms with Crippen LogP contribution in [0.1, 0.15) is 15.9 Å². The van der Waals surface area contributed by atoms with Gasteiger partial charge in [-0.2, -0.15) is 0 Å². The molecular formula is C10H6FNO2. The van der Waals surface area contributed by atoms with Crippen molar-refractivity contribution >= 4 is 12.2 Å². The molecule has 0 heterocycles. The molecule has 0 aromatic heterocycles. The zero-order valence-electron chi connectivity index (χ0n) is 7.08. The molecule has 0 bridgehead atoms. The van der Waals surface area contributed by atoms with Crippen LogP contribution < -0.4 is 5.73 Å². The van der Waals surface area contributed by atoms with Crippen molar-refractivity contribution in [3.8, 4) is 11.8 Å². The molecule has 0 unspecified atom stereocenters. The molecule has 0 saturated heterocycles. The summed E-state index contributed by atoms with van der Waals surface area (Å²) in [6.45, 7) is 0. The average Bonchev–Trinajstić information content (AvgIpc) is 2.14. The quantitative estimate of drug-likeness (QED) is 0.518. The topological polar surface area (TPSA) is 60.2 Å². The second-order valence-corrected chi connectivity index (χ2v) is 2.43. The summed E-state index contributed by atoms with van der Waals surface area (Å²) in [4.78, 5) is 20.8. The van der Waals surface area contributed by atoms with Crippen molar-refractivity contribution in [2.24, 2.45) is 5.73 Å². The highest BCUT2D eigenvalue weighted by Gasteiger charge is 2.04. The first kappa shape index (κ1) is 9.93. The summed E-state index contributed by atoms with van der Waals surface area (Å²) in [6.07, 6.45) is 0.348. The highest BCUT2D eigenvalue weighted by Crippen LogP contribution is 2.09. The number of halogens is 1. The first-order chi connectivity index (χ1) is 6.65. The van der Waals surface area contributed by atoms with Crippen LogP contribution >= 0.6 is 0 Å². The minimum Gasteiger partial charge on any atom is -0.359 e. The standard InChI is InChI=1S/C10H6FNO2/c11-9-3-1-2-7(8(9)6-13)4-5-10(12)14/h1-3,6H,(H2,12,14). The van der Waals surface area contributed by atoms with E-state index in [2.05, 4.69) is 5.92 Å². The van der Waals surface area contributed by atoms with E-state index in [1.807, 2.05) is 5.92 Å². The number of carbonyl (C=O) groups is 2. The molecule has 0 radical (unpaired) electrons. The summed E-state index contributed by atoms with van der Waals surface area (Å²) in [7, 11) is 0. The Kier molecular flexibility index (Phi) is 2.97. The van der Waals surface area contributed by atoms with Gasteiger partial charge < -0.3 is 5.73 Å². The Bertz CT molecular complexity index is 443. The number of rotatable bonds is 1. The molecule has 0 aliphatic rings. The van der Waals surface area contributed by atoms with Gasteiger partial charge in [0.15, 0.2) is 6.29 Å². The third kappa shape index (κ3) is 2.17. The van der Waals surface area contributed by atoms with Gasteiger partial charge in [0.2, 0.25) is 0 Å². The molecule has 0 fully saturated rings. The summed E-state index contributed by atoms with van der Waals surface area (Å²) in [5.74, 6) is 2.84. The minimum atomic E-state index is -0.828. The van der Waals surface area contributed by atoms with Crippen molar-refractivity contribution in [2.75, 3.05) is 0 Å².